The molecule has 1 heterocycles. The zero-order chi connectivity index (χ0) is 16.5. The Morgan fingerprint density at radius 3 is 2.50 bits per heavy atom. The Kier molecular flexibility index (Phi) is 3.97. The third-order valence-corrected chi connectivity index (χ3v) is 5.17. The van der Waals surface area contributed by atoms with E-state index in [1.54, 1.807) is 4.90 Å². The predicted octanol–water partition coefficient (Wildman–Crippen LogP) is 3.64. The summed E-state index contributed by atoms with van der Waals surface area (Å²) in [5, 5.41) is 5.14. The molecule has 0 bridgehead atoms. The first-order valence-corrected chi connectivity index (χ1v) is 8.87. The number of anilines is 1. The molecule has 0 saturated heterocycles. The Bertz CT molecular complexity index is 786. The molecule has 2 aromatic rings. The van der Waals surface area contributed by atoms with Crippen LogP contribution >= 0.6 is 0 Å². The maximum atomic E-state index is 12.7. The van der Waals surface area contributed by atoms with E-state index in [0.29, 0.717) is 5.56 Å². The maximum absolute atomic E-state index is 12.7. The Balaban J connectivity index is 1.52. The molecular weight excluding hydrogens is 300 g/mol. The number of carbonyl (C=O) groups is 2. The molecule has 24 heavy (non-hydrogen) atoms. The van der Waals surface area contributed by atoms with Crippen molar-refractivity contribution in [2.45, 2.75) is 44.6 Å². The molecule has 1 saturated carbocycles. The number of benzene rings is 2. The zero-order valence-electron chi connectivity index (χ0n) is 13.8. The van der Waals surface area contributed by atoms with Gasteiger partial charge in [0.05, 0.1) is 5.69 Å². The monoisotopic (exact) mass is 322 g/mol. The summed E-state index contributed by atoms with van der Waals surface area (Å²) in [5.41, 5.74) is 1.55. The van der Waals surface area contributed by atoms with E-state index in [2.05, 4.69) is 5.32 Å². The summed E-state index contributed by atoms with van der Waals surface area (Å²) < 4.78 is 0. The second-order valence-corrected chi connectivity index (χ2v) is 6.83. The number of nitrogens with one attached hydrogen (secondary N) is 1. The fraction of sp³-hybridized carbons (Fsp3) is 0.400. The van der Waals surface area contributed by atoms with Crippen molar-refractivity contribution >= 4 is 28.3 Å². The molecule has 4 rings (SSSR count). The minimum Gasteiger partial charge on any atom is -0.352 e. The summed E-state index contributed by atoms with van der Waals surface area (Å²) in [5.74, 6) is -0.127. The third kappa shape index (κ3) is 2.66. The maximum Gasteiger partial charge on any atom is 0.259 e. The van der Waals surface area contributed by atoms with Gasteiger partial charge in [0.1, 0.15) is 6.54 Å². The molecular formula is C20H22N2O2. The van der Waals surface area contributed by atoms with Crippen LogP contribution in [0.2, 0.25) is 0 Å². The van der Waals surface area contributed by atoms with Crippen molar-refractivity contribution in [2.75, 3.05) is 11.4 Å². The number of hydrogen-bond acceptors (Lipinski definition) is 2. The molecule has 124 valence electrons. The van der Waals surface area contributed by atoms with Gasteiger partial charge in [0, 0.05) is 17.0 Å². The van der Waals surface area contributed by atoms with Crippen LogP contribution in [0.1, 0.15) is 48.9 Å². The van der Waals surface area contributed by atoms with Crippen molar-refractivity contribution < 1.29 is 9.59 Å². The van der Waals surface area contributed by atoms with Crippen molar-refractivity contribution in [2.24, 2.45) is 0 Å². The normalized spacial score (nSPS) is 18.0. The highest BCUT2D eigenvalue weighted by Crippen LogP contribution is 2.36. The number of hydrogen-bond donors (Lipinski definition) is 1. The van der Waals surface area contributed by atoms with E-state index in [-0.39, 0.29) is 24.4 Å². The number of nitrogens with zero attached hydrogens (tertiary/aromatic N) is 1. The lowest BCUT2D eigenvalue weighted by Gasteiger charge is -2.21. The lowest BCUT2D eigenvalue weighted by atomic mass is 10.1. The molecule has 1 aliphatic carbocycles. The van der Waals surface area contributed by atoms with Crippen molar-refractivity contribution in [3.63, 3.8) is 0 Å². The van der Waals surface area contributed by atoms with Gasteiger partial charge in [0.15, 0.2) is 0 Å². The van der Waals surface area contributed by atoms with Crippen LogP contribution in [0.3, 0.4) is 0 Å². The van der Waals surface area contributed by atoms with Crippen LogP contribution in [0.15, 0.2) is 36.4 Å². The van der Waals surface area contributed by atoms with Gasteiger partial charge in [-0.25, -0.2) is 0 Å². The minimum atomic E-state index is -0.0715. The SMILES string of the molecule is O=C(CN1C(=O)c2cccc3cccc1c23)NC1CCCCCC1. The minimum absolute atomic E-state index is 0.0555. The molecule has 4 nitrogen and oxygen atoms in total. The highest BCUT2D eigenvalue weighted by atomic mass is 16.2. The number of rotatable bonds is 3. The van der Waals surface area contributed by atoms with Crippen molar-refractivity contribution in [1.29, 1.82) is 0 Å². The first kappa shape index (κ1) is 15.2. The van der Waals surface area contributed by atoms with E-state index in [1.165, 1.54) is 25.7 Å². The Hall–Kier alpha value is -2.36. The summed E-state index contributed by atoms with van der Waals surface area (Å²) in [6.45, 7) is 0.100. The molecule has 0 aromatic heterocycles. The molecule has 0 atom stereocenters. The highest BCUT2D eigenvalue weighted by Gasteiger charge is 2.31. The quantitative estimate of drug-likeness (QED) is 0.877. The van der Waals surface area contributed by atoms with E-state index in [1.807, 2.05) is 36.4 Å². The Labute approximate surface area is 141 Å². The van der Waals surface area contributed by atoms with Crippen LogP contribution in [0.25, 0.3) is 10.8 Å². The van der Waals surface area contributed by atoms with Gasteiger partial charge in [-0.2, -0.15) is 0 Å². The van der Waals surface area contributed by atoms with E-state index in [0.717, 1.165) is 29.3 Å². The molecule has 2 amide bonds. The first-order valence-electron chi connectivity index (χ1n) is 8.87. The largest absolute Gasteiger partial charge is 0.352 e. The van der Waals surface area contributed by atoms with Crippen molar-refractivity contribution in [3.8, 4) is 0 Å². The van der Waals surface area contributed by atoms with Crippen LogP contribution in [0.4, 0.5) is 5.69 Å². The standard InChI is InChI=1S/C20H22N2O2/c23-18(21-15-9-3-1-2-4-10-15)13-22-17-12-6-8-14-7-5-11-16(19(14)17)20(22)24/h5-8,11-12,15H,1-4,9-10,13H2,(H,21,23). The molecule has 4 heteroatoms. The Morgan fingerprint density at radius 1 is 1.04 bits per heavy atom. The fourth-order valence-corrected chi connectivity index (χ4v) is 3.98. The zero-order valence-corrected chi connectivity index (χ0v) is 13.8. The summed E-state index contributed by atoms with van der Waals surface area (Å²) in [4.78, 5) is 26.8. The van der Waals surface area contributed by atoms with Gasteiger partial charge in [-0.1, -0.05) is 49.9 Å². The van der Waals surface area contributed by atoms with Gasteiger partial charge in [-0.05, 0) is 30.4 Å². The van der Waals surface area contributed by atoms with Crippen LogP contribution in [0, 0.1) is 0 Å². The first-order chi connectivity index (χ1) is 11.7. The van der Waals surface area contributed by atoms with Gasteiger partial charge in [-0.3, -0.25) is 14.5 Å². The van der Waals surface area contributed by atoms with Gasteiger partial charge in [-0.15, -0.1) is 0 Å². The Morgan fingerprint density at radius 2 is 1.75 bits per heavy atom. The van der Waals surface area contributed by atoms with E-state index in [4.69, 9.17) is 0 Å². The highest BCUT2D eigenvalue weighted by molar-refractivity contribution is 6.26. The number of amides is 2. The van der Waals surface area contributed by atoms with Gasteiger partial charge >= 0.3 is 0 Å². The van der Waals surface area contributed by atoms with E-state index >= 15 is 0 Å². The summed E-state index contributed by atoms with van der Waals surface area (Å²) in [6, 6.07) is 11.9. The summed E-state index contributed by atoms with van der Waals surface area (Å²) >= 11 is 0. The molecule has 0 unspecified atom stereocenters. The van der Waals surface area contributed by atoms with Crippen LogP contribution in [0.5, 0.6) is 0 Å². The molecule has 1 aliphatic heterocycles. The molecule has 2 aliphatic rings. The van der Waals surface area contributed by atoms with E-state index in [9.17, 15) is 9.59 Å². The second kappa shape index (κ2) is 6.27. The fourth-order valence-electron chi connectivity index (χ4n) is 3.98. The number of carbonyl (C=O) groups excluding carboxylic acids is 2. The van der Waals surface area contributed by atoms with Crippen molar-refractivity contribution in [3.05, 3.63) is 42.0 Å². The average Bonchev–Trinajstić information content (AvgIpc) is 2.77. The smallest absolute Gasteiger partial charge is 0.259 e. The molecule has 2 aromatic carbocycles. The topological polar surface area (TPSA) is 49.4 Å². The third-order valence-electron chi connectivity index (χ3n) is 5.17. The van der Waals surface area contributed by atoms with E-state index < -0.39 is 0 Å². The molecule has 1 fully saturated rings. The van der Waals surface area contributed by atoms with Crippen LogP contribution in [-0.4, -0.2) is 24.4 Å². The lowest BCUT2D eigenvalue weighted by molar-refractivity contribution is -0.120. The average molecular weight is 322 g/mol. The summed E-state index contributed by atoms with van der Waals surface area (Å²) in [7, 11) is 0. The summed E-state index contributed by atoms with van der Waals surface area (Å²) in [6.07, 6.45) is 6.98. The molecule has 0 spiro atoms. The van der Waals surface area contributed by atoms with Crippen LogP contribution < -0.4 is 10.2 Å². The molecule has 1 N–H and O–H groups in total. The molecule has 0 radical (unpaired) electrons. The second-order valence-electron chi connectivity index (χ2n) is 6.83. The van der Waals surface area contributed by atoms with Crippen molar-refractivity contribution in [1.82, 2.24) is 5.32 Å². The van der Waals surface area contributed by atoms with Gasteiger partial charge in [0.2, 0.25) is 5.91 Å². The van der Waals surface area contributed by atoms with Crippen LogP contribution in [-0.2, 0) is 4.79 Å². The lowest BCUT2D eigenvalue weighted by Crippen LogP contribution is -2.43. The van der Waals surface area contributed by atoms with Gasteiger partial charge in [0.25, 0.3) is 5.91 Å². The predicted molar refractivity (Wildman–Crippen MR) is 95.3 cm³/mol. The van der Waals surface area contributed by atoms with Gasteiger partial charge < -0.3 is 5.32 Å².